The molecule has 14 heavy (non-hydrogen) atoms. The van der Waals surface area contributed by atoms with Crippen LogP contribution in [-0.4, -0.2) is 41.6 Å². The van der Waals surface area contributed by atoms with Crippen LogP contribution in [0, 0.1) is 5.92 Å². The molecule has 0 aromatic rings. The molecule has 1 rings (SSSR count). The first-order valence-corrected chi connectivity index (χ1v) is 6.79. The van der Waals surface area contributed by atoms with Crippen molar-refractivity contribution in [1.29, 1.82) is 0 Å². The standard InChI is InChI=1S/C11H24N2S/c1-4-10-8-13(5-6-14-10)11(7-12)9(2)3/h9-11H,4-8,12H2,1-3H3. The van der Waals surface area contributed by atoms with Crippen molar-refractivity contribution >= 4 is 11.8 Å². The van der Waals surface area contributed by atoms with Crippen LogP contribution in [0.15, 0.2) is 0 Å². The van der Waals surface area contributed by atoms with Gasteiger partial charge in [0.2, 0.25) is 0 Å². The minimum atomic E-state index is 0.588. The second-order valence-electron chi connectivity index (χ2n) is 4.44. The third-order valence-electron chi connectivity index (χ3n) is 3.11. The van der Waals surface area contributed by atoms with Crippen LogP contribution in [-0.2, 0) is 0 Å². The van der Waals surface area contributed by atoms with Crippen molar-refractivity contribution in [1.82, 2.24) is 4.90 Å². The van der Waals surface area contributed by atoms with Crippen molar-refractivity contribution in [2.75, 3.05) is 25.4 Å². The van der Waals surface area contributed by atoms with Crippen LogP contribution >= 0.6 is 11.8 Å². The smallest absolute Gasteiger partial charge is 0.0242 e. The average Bonchev–Trinajstić information content (AvgIpc) is 2.19. The zero-order valence-corrected chi connectivity index (χ0v) is 10.5. The van der Waals surface area contributed by atoms with E-state index in [9.17, 15) is 0 Å². The lowest BCUT2D eigenvalue weighted by atomic mass is 10.0. The van der Waals surface area contributed by atoms with Crippen molar-refractivity contribution in [3.05, 3.63) is 0 Å². The van der Waals surface area contributed by atoms with E-state index in [-0.39, 0.29) is 0 Å². The highest BCUT2D eigenvalue weighted by Crippen LogP contribution is 2.24. The highest BCUT2D eigenvalue weighted by molar-refractivity contribution is 8.00. The van der Waals surface area contributed by atoms with Gasteiger partial charge in [0.15, 0.2) is 0 Å². The summed E-state index contributed by atoms with van der Waals surface area (Å²) in [6, 6.07) is 0.588. The summed E-state index contributed by atoms with van der Waals surface area (Å²) in [6.45, 7) is 10.1. The molecule has 1 fully saturated rings. The molecule has 84 valence electrons. The third kappa shape index (κ3) is 3.14. The number of hydrogen-bond donors (Lipinski definition) is 1. The van der Waals surface area contributed by atoms with Gasteiger partial charge < -0.3 is 5.73 Å². The lowest BCUT2D eigenvalue weighted by Crippen LogP contribution is -2.49. The van der Waals surface area contributed by atoms with E-state index < -0.39 is 0 Å². The molecular formula is C11H24N2S. The average molecular weight is 216 g/mol. The van der Waals surface area contributed by atoms with E-state index in [1.807, 2.05) is 0 Å². The Morgan fingerprint density at radius 3 is 2.71 bits per heavy atom. The molecule has 2 atom stereocenters. The van der Waals surface area contributed by atoms with Crippen molar-refractivity contribution in [2.24, 2.45) is 11.7 Å². The van der Waals surface area contributed by atoms with Crippen LogP contribution < -0.4 is 5.73 Å². The van der Waals surface area contributed by atoms with Gasteiger partial charge in [0.25, 0.3) is 0 Å². The Kier molecular flexibility index (Phi) is 5.28. The topological polar surface area (TPSA) is 29.3 Å². The van der Waals surface area contributed by atoms with Gasteiger partial charge in [-0.15, -0.1) is 0 Å². The van der Waals surface area contributed by atoms with Gasteiger partial charge in [0, 0.05) is 36.7 Å². The summed E-state index contributed by atoms with van der Waals surface area (Å²) in [5, 5.41) is 0.830. The van der Waals surface area contributed by atoms with Gasteiger partial charge >= 0.3 is 0 Å². The fraction of sp³-hybridized carbons (Fsp3) is 1.00. The molecule has 0 radical (unpaired) electrons. The molecule has 0 aliphatic carbocycles. The van der Waals surface area contributed by atoms with Crippen LogP contribution in [0.5, 0.6) is 0 Å². The summed E-state index contributed by atoms with van der Waals surface area (Å²) >= 11 is 2.12. The molecule has 2 N–H and O–H groups in total. The van der Waals surface area contributed by atoms with Gasteiger partial charge in [-0.05, 0) is 12.3 Å². The van der Waals surface area contributed by atoms with E-state index >= 15 is 0 Å². The van der Waals surface area contributed by atoms with E-state index in [0.29, 0.717) is 12.0 Å². The van der Waals surface area contributed by atoms with Gasteiger partial charge in [0.1, 0.15) is 0 Å². The minimum absolute atomic E-state index is 0.588. The maximum Gasteiger partial charge on any atom is 0.0242 e. The fourth-order valence-corrected chi connectivity index (χ4v) is 3.34. The Morgan fingerprint density at radius 1 is 1.50 bits per heavy atom. The van der Waals surface area contributed by atoms with Gasteiger partial charge in [-0.2, -0.15) is 11.8 Å². The monoisotopic (exact) mass is 216 g/mol. The van der Waals surface area contributed by atoms with Gasteiger partial charge in [0.05, 0.1) is 0 Å². The third-order valence-corrected chi connectivity index (χ3v) is 4.48. The van der Waals surface area contributed by atoms with Crippen LogP contribution in [0.3, 0.4) is 0 Å². The summed E-state index contributed by atoms with van der Waals surface area (Å²) in [5.74, 6) is 1.96. The largest absolute Gasteiger partial charge is 0.329 e. The van der Waals surface area contributed by atoms with Crippen LogP contribution in [0.2, 0.25) is 0 Å². The number of nitrogens with zero attached hydrogens (tertiary/aromatic N) is 1. The molecule has 2 nitrogen and oxygen atoms in total. The molecule has 0 bridgehead atoms. The van der Waals surface area contributed by atoms with Gasteiger partial charge in [-0.25, -0.2) is 0 Å². The molecule has 0 amide bonds. The highest BCUT2D eigenvalue weighted by Gasteiger charge is 2.26. The molecule has 2 unspecified atom stereocenters. The molecular weight excluding hydrogens is 192 g/mol. The molecule has 0 saturated carbocycles. The zero-order valence-electron chi connectivity index (χ0n) is 9.70. The highest BCUT2D eigenvalue weighted by atomic mass is 32.2. The zero-order chi connectivity index (χ0) is 10.6. The second kappa shape index (κ2) is 5.99. The summed E-state index contributed by atoms with van der Waals surface area (Å²) < 4.78 is 0. The van der Waals surface area contributed by atoms with Crippen molar-refractivity contribution < 1.29 is 0 Å². The molecule has 1 heterocycles. The number of rotatable bonds is 4. The number of thioether (sulfide) groups is 1. The van der Waals surface area contributed by atoms with Crippen molar-refractivity contribution in [3.8, 4) is 0 Å². The Bertz CT molecular complexity index is 161. The first-order valence-electron chi connectivity index (χ1n) is 5.74. The second-order valence-corrected chi connectivity index (χ2v) is 5.85. The maximum absolute atomic E-state index is 5.84. The number of nitrogens with two attached hydrogens (primary N) is 1. The lowest BCUT2D eigenvalue weighted by Gasteiger charge is -2.39. The molecule has 3 heteroatoms. The molecule has 0 spiro atoms. The molecule has 1 aliphatic rings. The SMILES string of the molecule is CCC1CN(C(CN)C(C)C)CCS1. The van der Waals surface area contributed by atoms with Crippen LogP contribution in [0.25, 0.3) is 0 Å². The minimum Gasteiger partial charge on any atom is -0.329 e. The summed E-state index contributed by atoms with van der Waals surface area (Å²) in [7, 11) is 0. The normalized spacial score (nSPS) is 26.8. The molecule has 0 aromatic carbocycles. The van der Waals surface area contributed by atoms with Gasteiger partial charge in [-0.3, -0.25) is 4.90 Å². The van der Waals surface area contributed by atoms with E-state index in [0.717, 1.165) is 11.8 Å². The first-order chi connectivity index (χ1) is 6.69. The summed E-state index contributed by atoms with van der Waals surface area (Å²) in [5.41, 5.74) is 5.84. The van der Waals surface area contributed by atoms with Gasteiger partial charge in [-0.1, -0.05) is 20.8 Å². The predicted octanol–water partition coefficient (Wildman–Crippen LogP) is 1.80. The van der Waals surface area contributed by atoms with E-state index in [1.165, 1.54) is 25.3 Å². The van der Waals surface area contributed by atoms with Crippen LogP contribution in [0.1, 0.15) is 27.2 Å². The molecule has 1 aliphatic heterocycles. The summed E-state index contributed by atoms with van der Waals surface area (Å²) in [6.07, 6.45) is 1.29. The predicted molar refractivity (Wildman–Crippen MR) is 65.8 cm³/mol. The van der Waals surface area contributed by atoms with Crippen molar-refractivity contribution in [2.45, 2.75) is 38.5 Å². The Hall–Kier alpha value is 0.270. The fourth-order valence-electron chi connectivity index (χ4n) is 2.13. The maximum atomic E-state index is 5.84. The quantitative estimate of drug-likeness (QED) is 0.777. The van der Waals surface area contributed by atoms with E-state index in [4.69, 9.17) is 5.73 Å². The lowest BCUT2D eigenvalue weighted by molar-refractivity contribution is 0.164. The molecule has 1 saturated heterocycles. The van der Waals surface area contributed by atoms with Crippen molar-refractivity contribution in [3.63, 3.8) is 0 Å². The van der Waals surface area contributed by atoms with E-state index in [1.54, 1.807) is 0 Å². The Morgan fingerprint density at radius 2 is 2.21 bits per heavy atom. The van der Waals surface area contributed by atoms with E-state index in [2.05, 4.69) is 37.4 Å². The Balaban J connectivity index is 2.48. The first kappa shape index (κ1) is 12.3. The molecule has 0 aromatic heterocycles. The Labute approximate surface area is 92.6 Å². The van der Waals surface area contributed by atoms with Crippen LogP contribution in [0.4, 0.5) is 0 Å². The number of hydrogen-bond acceptors (Lipinski definition) is 3. The summed E-state index contributed by atoms with van der Waals surface area (Å²) in [4.78, 5) is 2.59.